The lowest BCUT2D eigenvalue weighted by molar-refractivity contribution is 0.264. The lowest BCUT2D eigenvalue weighted by Crippen LogP contribution is -2.34. The van der Waals surface area contributed by atoms with Crippen molar-refractivity contribution in [2.45, 2.75) is 43.5 Å². The molecular formula is C15H22FNS. The summed E-state index contributed by atoms with van der Waals surface area (Å²) in [6, 6.07) is 7.01. The molecule has 0 aliphatic heterocycles. The molecule has 0 spiro atoms. The van der Waals surface area contributed by atoms with Crippen LogP contribution in [0.25, 0.3) is 0 Å². The van der Waals surface area contributed by atoms with E-state index < -0.39 is 0 Å². The quantitative estimate of drug-likeness (QED) is 0.832. The molecule has 0 aromatic heterocycles. The van der Waals surface area contributed by atoms with Gasteiger partial charge in [0.25, 0.3) is 0 Å². The molecule has 1 nitrogen and oxygen atoms in total. The molecule has 1 fully saturated rings. The van der Waals surface area contributed by atoms with Gasteiger partial charge in [0.1, 0.15) is 5.82 Å². The van der Waals surface area contributed by atoms with Crippen molar-refractivity contribution in [3.63, 3.8) is 0 Å². The molecule has 2 rings (SSSR count). The van der Waals surface area contributed by atoms with Gasteiger partial charge in [-0.3, -0.25) is 0 Å². The molecular weight excluding hydrogens is 245 g/mol. The standard InChI is InChI=1S/C15H22FNS/c1-11-5-7-12(8-6-11)15(17)10-18-14-4-2-3-13(16)9-14/h2-4,9,11-12,15H,5-8,10,17H2,1H3. The number of hydrogen-bond donors (Lipinski definition) is 1. The lowest BCUT2D eigenvalue weighted by atomic mass is 9.80. The van der Waals surface area contributed by atoms with Gasteiger partial charge >= 0.3 is 0 Å². The van der Waals surface area contributed by atoms with E-state index in [4.69, 9.17) is 5.73 Å². The van der Waals surface area contributed by atoms with E-state index in [1.54, 1.807) is 23.9 Å². The zero-order valence-corrected chi connectivity index (χ0v) is 11.8. The van der Waals surface area contributed by atoms with Crippen molar-refractivity contribution in [1.29, 1.82) is 0 Å². The van der Waals surface area contributed by atoms with Gasteiger partial charge in [-0.2, -0.15) is 0 Å². The van der Waals surface area contributed by atoms with Crippen LogP contribution in [-0.4, -0.2) is 11.8 Å². The maximum Gasteiger partial charge on any atom is 0.124 e. The Hall–Kier alpha value is -0.540. The van der Waals surface area contributed by atoms with E-state index in [2.05, 4.69) is 6.92 Å². The molecule has 1 aliphatic rings. The second-order valence-electron chi connectivity index (χ2n) is 5.45. The van der Waals surface area contributed by atoms with E-state index in [1.807, 2.05) is 6.07 Å². The fourth-order valence-electron chi connectivity index (χ4n) is 2.60. The first kappa shape index (κ1) is 13.9. The Balaban J connectivity index is 1.79. The second-order valence-corrected chi connectivity index (χ2v) is 6.55. The smallest absolute Gasteiger partial charge is 0.124 e. The van der Waals surface area contributed by atoms with Gasteiger partial charge in [0.2, 0.25) is 0 Å². The molecule has 2 N–H and O–H groups in total. The van der Waals surface area contributed by atoms with Crippen LogP contribution >= 0.6 is 11.8 Å². The van der Waals surface area contributed by atoms with Crippen LogP contribution in [0.15, 0.2) is 29.2 Å². The largest absolute Gasteiger partial charge is 0.327 e. The topological polar surface area (TPSA) is 26.0 Å². The second kappa shape index (κ2) is 6.58. The van der Waals surface area contributed by atoms with Crippen molar-refractivity contribution >= 4 is 11.8 Å². The molecule has 18 heavy (non-hydrogen) atoms. The molecule has 0 saturated heterocycles. The Morgan fingerprint density at radius 1 is 1.33 bits per heavy atom. The predicted molar refractivity (Wildman–Crippen MR) is 76.2 cm³/mol. The summed E-state index contributed by atoms with van der Waals surface area (Å²) in [6.07, 6.45) is 5.13. The van der Waals surface area contributed by atoms with Gasteiger partial charge in [-0.15, -0.1) is 11.8 Å². The highest BCUT2D eigenvalue weighted by Crippen LogP contribution is 2.31. The van der Waals surface area contributed by atoms with E-state index in [1.165, 1.54) is 31.7 Å². The first-order valence-corrected chi connectivity index (χ1v) is 7.77. The van der Waals surface area contributed by atoms with Crippen molar-refractivity contribution in [2.24, 2.45) is 17.6 Å². The highest BCUT2D eigenvalue weighted by Gasteiger charge is 2.23. The third-order valence-corrected chi connectivity index (χ3v) is 5.04. The maximum atomic E-state index is 13.0. The van der Waals surface area contributed by atoms with Crippen LogP contribution in [0.4, 0.5) is 4.39 Å². The summed E-state index contributed by atoms with van der Waals surface area (Å²) in [5.74, 6) is 2.24. The molecule has 1 aliphatic carbocycles. The summed E-state index contributed by atoms with van der Waals surface area (Å²) < 4.78 is 13.0. The Morgan fingerprint density at radius 3 is 2.72 bits per heavy atom. The molecule has 3 heteroatoms. The first-order chi connectivity index (χ1) is 8.65. The zero-order valence-electron chi connectivity index (χ0n) is 10.9. The molecule has 1 unspecified atom stereocenters. The van der Waals surface area contributed by atoms with Crippen molar-refractivity contribution in [3.8, 4) is 0 Å². The number of nitrogens with two attached hydrogens (primary N) is 1. The average Bonchev–Trinajstić information content (AvgIpc) is 2.37. The van der Waals surface area contributed by atoms with Crippen LogP contribution in [0.1, 0.15) is 32.6 Å². The van der Waals surface area contributed by atoms with Crippen LogP contribution in [-0.2, 0) is 0 Å². The van der Waals surface area contributed by atoms with Gasteiger partial charge in [0, 0.05) is 16.7 Å². The summed E-state index contributed by atoms with van der Waals surface area (Å²) in [6.45, 7) is 2.32. The molecule has 0 heterocycles. The fraction of sp³-hybridized carbons (Fsp3) is 0.600. The molecule has 1 aromatic carbocycles. The monoisotopic (exact) mass is 267 g/mol. The minimum atomic E-state index is -0.167. The minimum Gasteiger partial charge on any atom is -0.327 e. The van der Waals surface area contributed by atoms with Crippen LogP contribution in [0.5, 0.6) is 0 Å². The van der Waals surface area contributed by atoms with Gasteiger partial charge in [-0.05, 0) is 42.9 Å². The third-order valence-electron chi connectivity index (χ3n) is 3.90. The normalized spacial score (nSPS) is 25.9. The van der Waals surface area contributed by atoms with Crippen LogP contribution in [0.3, 0.4) is 0 Å². The van der Waals surface area contributed by atoms with Gasteiger partial charge in [0.15, 0.2) is 0 Å². The highest BCUT2D eigenvalue weighted by atomic mass is 32.2. The Morgan fingerprint density at radius 2 is 2.06 bits per heavy atom. The summed E-state index contributed by atoms with van der Waals surface area (Å²) >= 11 is 1.67. The Kier molecular flexibility index (Phi) is 5.07. The minimum absolute atomic E-state index is 0.167. The summed E-state index contributed by atoms with van der Waals surface area (Å²) in [7, 11) is 0. The van der Waals surface area contributed by atoms with E-state index in [9.17, 15) is 4.39 Å². The number of rotatable bonds is 4. The number of benzene rings is 1. The molecule has 1 aromatic rings. The van der Waals surface area contributed by atoms with Gasteiger partial charge in [-0.25, -0.2) is 4.39 Å². The molecule has 0 radical (unpaired) electrons. The summed E-state index contributed by atoms with van der Waals surface area (Å²) in [5, 5.41) is 0. The van der Waals surface area contributed by atoms with Crippen LogP contribution in [0.2, 0.25) is 0 Å². The highest BCUT2D eigenvalue weighted by molar-refractivity contribution is 7.99. The number of thioether (sulfide) groups is 1. The molecule has 0 bridgehead atoms. The van der Waals surface area contributed by atoms with E-state index in [-0.39, 0.29) is 11.9 Å². The fourth-order valence-corrected chi connectivity index (χ4v) is 3.63. The van der Waals surface area contributed by atoms with E-state index in [0.29, 0.717) is 5.92 Å². The molecule has 1 atom stereocenters. The van der Waals surface area contributed by atoms with Crippen molar-refractivity contribution in [2.75, 3.05) is 5.75 Å². The summed E-state index contributed by atoms with van der Waals surface area (Å²) in [4.78, 5) is 0.981. The van der Waals surface area contributed by atoms with E-state index in [0.717, 1.165) is 16.6 Å². The maximum absolute atomic E-state index is 13.0. The van der Waals surface area contributed by atoms with Gasteiger partial charge in [-0.1, -0.05) is 25.8 Å². The Bertz CT molecular complexity index is 375. The third kappa shape index (κ3) is 3.99. The number of halogens is 1. The van der Waals surface area contributed by atoms with Gasteiger partial charge < -0.3 is 5.73 Å². The Labute approximate surface area is 113 Å². The van der Waals surface area contributed by atoms with Crippen molar-refractivity contribution < 1.29 is 4.39 Å². The summed E-state index contributed by atoms with van der Waals surface area (Å²) in [5.41, 5.74) is 6.27. The van der Waals surface area contributed by atoms with Crippen LogP contribution < -0.4 is 5.73 Å². The SMILES string of the molecule is CC1CCC(C(N)CSc2cccc(F)c2)CC1. The number of hydrogen-bond acceptors (Lipinski definition) is 2. The van der Waals surface area contributed by atoms with Gasteiger partial charge in [0.05, 0.1) is 0 Å². The van der Waals surface area contributed by atoms with E-state index >= 15 is 0 Å². The zero-order chi connectivity index (χ0) is 13.0. The van der Waals surface area contributed by atoms with Crippen LogP contribution in [0, 0.1) is 17.7 Å². The first-order valence-electron chi connectivity index (χ1n) is 6.79. The molecule has 1 saturated carbocycles. The predicted octanol–water partition coefficient (Wildman–Crippen LogP) is 4.07. The van der Waals surface area contributed by atoms with Crippen molar-refractivity contribution in [1.82, 2.24) is 0 Å². The average molecular weight is 267 g/mol. The van der Waals surface area contributed by atoms with Crippen molar-refractivity contribution in [3.05, 3.63) is 30.1 Å². The lowest BCUT2D eigenvalue weighted by Gasteiger charge is -2.30. The molecule has 0 amide bonds. The molecule has 100 valence electrons.